The molecule has 0 saturated carbocycles. The number of hydrogen-bond acceptors (Lipinski definition) is 3. The van der Waals surface area contributed by atoms with Gasteiger partial charge in [0.2, 0.25) is 5.91 Å². The normalized spacial score (nSPS) is 11.6. The van der Waals surface area contributed by atoms with E-state index in [2.05, 4.69) is 11.1 Å². The van der Waals surface area contributed by atoms with E-state index in [1.165, 1.54) is 0 Å². The van der Waals surface area contributed by atoms with Gasteiger partial charge in [-0.25, -0.2) is 0 Å². The molecule has 0 fully saturated rings. The molecule has 1 aromatic rings. The maximum Gasteiger partial charge on any atom is 0.222 e. The van der Waals surface area contributed by atoms with Crippen molar-refractivity contribution < 1.29 is 4.79 Å². The van der Waals surface area contributed by atoms with Crippen molar-refractivity contribution in [2.24, 2.45) is 0 Å². The van der Waals surface area contributed by atoms with Crippen LogP contribution in [0.3, 0.4) is 0 Å². The fraction of sp³-hybridized carbons (Fsp3) is 0.500. The van der Waals surface area contributed by atoms with E-state index in [1.54, 1.807) is 18.1 Å². The lowest BCUT2D eigenvalue weighted by molar-refractivity contribution is -0.131. The summed E-state index contributed by atoms with van der Waals surface area (Å²) in [5.74, 6) is 0.0914. The van der Waals surface area contributed by atoms with Crippen LogP contribution in [0, 0.1) is 11.3 Å². The van der Waals surface area contributed by atoms with Crippen LogP contribution < -0.4 is 0 Å². The summed E-state index contributed by atoms with van der Waals surface area (Å²) in [6.45, 7) is 1.89. The highest BCUT2D eigenvalue weighted by molar-refractivity contribution is 5.76. The molecule has 1 aromatic heterocycles. The molecule has 0 aliphatic heterocycles. The molecular weight excluding hydrogens is 226 g/mol. The minimum absolute atomic E-state index is 0.0163. The van der Waals surface area contributed by atoms with Crippen molar-refractivity contribution >= 4 is 5.91 Å². The fourth-order valence-electron chi connectivity index (χ4n) is 1.66. The van der Waals surface area contributed by atoms with Crippen molar-refractivity contribution in [1.29, 1.82) is 5.26 Å². The Labute approximate surface area is 108 Å². The molecule has 0 aromatic carbocycles. The lowest BCUT2D eigenvalue weighted by Gasteiger charge is -2.22. The summed E-state index contributed by atoms with van der Waals surface area (Å²) in [6.07, 6.45) is 4.25. The molecule has 4 heteroatoms. The van der Waals surface area contributed by atoms with Crippen LogP contribution in [0.4, 0.5) is 0 Å². The molecule has 0 N–H and O–H groups in total. The number of aryl methyl sites for hydroxylation is 1. The summed E-state index contributed by atoms with van der Waals surface area (Å²) >= 11 is 0. The number of carbonyl (C=O) groups excluding carboxylic acids is 1. The molecular formula is C14H19N3O. The number of aromatic nitrogens is 1. The Kier molecular flexibility index (Phi) is 5.86. The monoisotopic (exact) mass is 245 g/mol. The van der Waals surface area contributed by atoms with Gasteiger partial charge in [-0.1, -0.05) is 6.07 Å². The van der Waals surface area contributed by atoms with E-state index < -0.39 is 0 Å². The molecule has 96 valence electrons. The highest BCUT2D eigenvalue weighted by Crippen LogP contribution is 2.07. The molecule has 0 radical (unpaired) electrons. The minimum Gasteiger partial charge on any atom is -0.342 e. The zero-order valence-electron chi connectivity index (χ0n) is 11.0. The van der Waals surface area contributed by atoms with E-state index in [4.69, 9.17) is 5.26 Å². The quantitative estimate of drug-likeness (QED) is 0.771. The first kappa shape index (κ1) is 14.2. The van der Waals surface area contributed by atoms with E-state index in [0.717, 1.165) is 18.5 Å². The van der Waals surface area contributed by atoms with E-state index in [1.807, 2.05) is 25.1 Å². The Hall–Kier alpha value is -1.89. The summed E-state index contributed by atoms with van der Waals surface area (Å²) in [6, 6.07) is 7.86. The van der Waals surface area contributed by atoms with Crippen molar-refractivity contribution in [3.8, 4) is 6.07 Å². The summed E-state index contributed by atoms with van der Waals surface area (Å²) in [5.41, 5.74) is 1.01. The Bertz CT molecular complexity index is 411. The summed E-state index contributed by atoms with van der Waals surface area (Å²) < 4.78 is 0. The maximum atomic E-state index is 11.8. The Morgan fingerprint density at radius 3 is 2.94 bits per heavy atom. The molecule has 1 rings (SSSR count). The third-order valence-corrected chi connectivity index (χ3v) is 2.99. The standard InChI is InChI=1S/C14H19N3O/c1-12(9-10-15)17(2)14(18)8-5-7-13-6-3-4-11-16-13/h3-4,6,11-12H,5,7-9H2,1-2H3. The van der Waals surface area contributed by atoms with Gasteiger partial charge in [0.25, 0.3) is 0 Å². The largest absolute Gasteiger partial charge is 0.342 e. The van der Waals surface area contributed by atoms with Crippen LogP contribution in [-0.4, -0.2) is 28.9 Å². The molecule has 18 heavy (non-hydrogen) atoms. The average Bonchev–Trinajstić information content (AvgIpc) is 2.39. The zero-order valence-corrected chi connectivity index (χ0v) is 11.0. The van der Waals surface area contributed by atoms with Crippen LogP contribution in [0.15, 0.2) is 24.4 Å². The predicted octanol–water partition coefficient (Wildman–Crippen LogP) is 2.16. The second-order valence-electron chi connectivity index (χ2n) is 4.39. The molecule has 0 bridgehead atoms. The Morgan fingerprint density at radius 2 is 2.33 bits per heavy atom. The Morgan fingerprint density at radius 1 is 1.56 bits per heavy atom. The van der Waals surface area contributed by atoms with Gasteiger partial charge in [-0.3, -0.25) is 9.78 Å². The highest BCUT2D eigenvalue weighted by atomic mass is 16.2. The van der Waals surface area contributed by atoms with Crippen LogP contribution in [-0.2, 0) is 11.2 Å². The van der Waals surface area contributed by atoms with E-state index in [0.29, 0.717) is 12.8 Å². The second-order valence-corrected chi connectivity index (χ2v) is 4.39. The Balaban J connectivity index is 2.31. The number of pyridine rings is 1. The molecule has 1 amide bonds. The van der Waals surface area contributed by atoms with Gasteiger partial charge in [0, 0.05) is 31.4 Å². The number of amides is 1. The van der Waals surface area contributed by atoms with Crippen LogP contribution in [0.2, 0.25) is 0 Å². The van der Waals surface area contributed by atoms with Crippen molar-refractivity contribution in [3.05, 3.63) is 30.1 Å². The van der Waals surface area contributed by atoms with Crippen LogP contribution in [0.5, 0.6) is 0 Å². The maximum absolute atomic E-state index is 11.8. The molecule has 0 spiro atoms. The first-order valence-electron chi connectivity index (χ1n) is 6.17. The summed E-state index contributed by atoms with van der Waals surface area (Å²) in [5, 5.41) is 8.60. The lowest BCUT2D eigenvalue weighted by Crippen LogP contribution is -2.34. The van der Waals surface area contributed by atoms with Crippen LogP contribution >= 0.6 is 0 Å². The molecule has 1 atom stereocenters. The van der Waals surface area contributed by atoms with Gasteiger partial charge in [0.05, 0.1) is 12.5 Å². The van der Waals surface area contributed by atoms with Gasteiger partial charge < -0.3 is 4.90 Å². The predicted molar refractivity (Wildman–Crippen MR) is 69.6 cm³/mol. The summed E-state index contributed by atoms with van der Waals surface area (Å²) in [4.78, 5) is 17.7. The van der Waals surface area contributed by atoms with Crippen molar-refractivity contribution in [3.63, 3.8) is 0 Å². The number of hydrogen-bond donors (Lipinski definition) is 0. The fourth-order valence-corrected chi connectivity index (χ4v) is 1.66. The molecule has 0 aliphatic carbocycles. The number of nitriles is 1. The van der Waals surface area contributed by atoms with Crippen molar-refractivity contribution in [2.75, 3.05) is 7.05 Å². The third kappa shape index (κ3) is 4.54. The number of rotatable bonds is 6. The van der Waals surface area contributed by atoms with E-state index >= 15 is 0 Å². The van der Waals surface area contributed by atoms with Crippen molar-refractivity contribution in [2.45, 2.75) is 38.6 Å². The number of nitrogens with zero attached hydrogens (tertiary/aromatic N) is 3. The van der Waals surface area contributed by atoms with Gasteiger partial charge >= 0.3 is 0 Å². The van der Waals surface area contributed by atoms with Gasteiger partial charge in [0.1, 0.15) is 0 Å². The molecule has 0 aliphatic rings. The summed E-state index contributed by atoms with van der Waals surface area (Å²) in [7, 11) is 1.76. The number of carbonyl (C=O) groups is 1. The van der Waals surface area contributed by atoms with Crippen LogP contribution in [0.25, 0.3) is 0 Å². The van der Waals surface area contributed by atoms with Gasteiger partial charge in [-0.05, 0) is 31.9 Å². The molecule has 1 heterocycles. The van der Waals surface area contributed by atoms with E-state index in [9.17, 15) is 4.79 Å². The van der Waals surface area contributed by atoms with E-state index in [-0.39, 0.29) is 11.9 Å². The SMILES string of the molecule is CC(CC#N)N(C)C(=O)CCCc1ccccn1. The molecule has 4 nitrogen and oxygen atoms in total. The van der Waals surface area contributed by atoms with Gasteiger partial charge in [0.15, 0.2) is 0 Å². The smallest absolute Gasteiger partial charge is 0.222 e. The minimum atomic E-state index is -0.0163. The topological polar surface area (TPSA) is 57.0 Å². The first-order valence-corrected chi connectivity index (χ1v) is 6.17. The molecule has 1 unspecified atom stereocenters. The van der Waals surface area contributed by atoms with Crippen LogP contribution in [0.1, 0.15) is 31.9 Å². The van der Waals surface area contributed by atoms with Crippen molar-refractivity contribution in [1.82, 2.24) is 9.88 Å². The van der Waals surface area contributed by atoms with Gasteiger partial charge in [-0.2, -0.15) is 5.26 Å². The zero-order chi connectivity index (χ0) is 13.4. The van der Waals surface area contributed by atoms with Gasteiger partial charge in [-0.15, -0.1) is 0 Å². The second kappa shape index (κ2) is 7.44. The average molecular weight is 245 g/mol. The highest BCUT2D eigenvalue weighted by Gasteiger charge is 2.14. The lowest BCUT2D eigenvalue weighted by atomic mass is 10.1. The first-order chi connectivity index (χ1) is 8.65. The third-order valence-electron chi connectivity index (χ3n) is 2.99. The molecule has 0 saturated heterocycles.